The highest BCUT2D eigenvalue weighted by Gasteiger charge is 2.24. The van der Waals surface area contributed by atoms with E-state index in [-0.39, 0.29) is 17.2 Å². The van der Waals surface area contributed by atoms with Crippen LogP contribution in [0.5, 0.6) is 5.75 Å². The van der Waals surface area contributed by atoms with Crippen molar-refractivity contribution < 1.29 is 23.5 Å². The Morgan fingerprint density at radius 1 is 1.03 bits per heavy atom. The molecule has 1 aliphatic heterocycles. The number of benzene rings is 3. The molecule has 0 unspecified atom stereocenters. The van der Waals surface area contributed by atoms with E-state index in [1.54, 1.807) is 54.6 Å². The molecule has 0 aromatic heterocycles. The number of carbonyl (C=O) groups is 2. The van der Waals surface area contributed by atoms with Crippen LogP contribution >= 0.6 is 11.6 Å². The molecule has 5 nitrogen and oxygen atoms in total. The number of carbonyl (C=O) groups excluding carboxylic acids is 2. The van der Waals surface area contributed by atoms with Crippen LogP contribution in [0, 0.1) is 5.82 Å². The Morgan fingerprint density at radius 2 is 1.80 bits per heavy atom. The van der Waals surface area contributed by atoms with Gasteiger partial charge in [-0.25, -0.2) is 19.0 Å². The van der Waals surface area contributed by atoms with E-state index in [2.05, 4.69) is 4.99 Å². The number of ether oxygens (including phenoxy) is 2. The number of rotatable bonds is 4. The van der Waals surface area contributed by atoms with Crippen molar-refractivity contribution in [3.8, 4) is 5.75 Å². The van der Waals surface area contributed by atoms with Crippen molar-refractivity contribution in [2.45, 2.75) is 0 Å². The molecule has 30 heavy (non-hydrogen) atoms. The first-order valence-corrected chi connectivity index (χ1v) is 9.23. The lowest BCUT2D eigenvalue weighted by Crippen LogP contribution is -2.08. The molecule has 0 aliphatic carbocycles. The van der Waals surface area contributed by atoms with Crippen LogP contribution in [0.4, 0.5) is 4.39 Å². The standard InChI is InChI=1S/C23H13ClFNO4/c24-19-7-2-1-6-18(19)22(27)29-17-10-8-14(9-11-17)12-20-23(28)30-21(26-20)15-4-3-5-16(25)13-15/h1-13H/b20-12+. The number of esters is 2. The van der Waals surface area contributed by atoms with Crippen molar-refractivity contribution in [1.29, 1.82) is 0 Å². The summed E-state index contributed by atoms with van der Waals surface area (Å²) < 4.78 is 23.8. The van der Waals surface area contributed by atoms with E-state index in [0.717, 1.165) is 0 Å². The molecular weight excluding hydrogens is 409 g/mol. The highest BCUT2D eigenvalue weighted by Crippen LogP contribution is 2.22. The molecular formula is C23H13ClFNO4. The van der Waals surface area contributed by atoms with Crippen molar-refractivity contribution in [3.05, 3.63) is 106 Å². The minimum absolute atomic E-state index is 0.0380. The molecule has 0 bridgehead atoms. The first kappa shape index (κ1) is 19.5. The zero-order valence-corrected chi connectivity index (χ0v) is 16.1. The van der Waals surface area contributed by atoms with Gasteiger partial charge in [0.1, 0.15) is 11.6 Å². The Kier molecular flexibility index (Phi) is 5.41. The van der Waals surface area contributed by atoms with Gasteiger partial charge in [-0.05, 0) is 54.1 Å². The van der Waals surface area contributed by atoms with E-state index < -0.39 is 17.8 Å². The third-order valence-electron chi connectivity index (χ3n) is 4.18. The molecule has 1 heterocycles. The third-order valence-corrected chi connectivity index (χ3v) is 4.51. The second-order valence-electron chi connectivity index (χ2n) is 6.28. The Labute approximate surface area is 176 Å². The van der Waals surface area contributed by atoms with Crippen molar-refractivity contribution in [2.24, 2.45) is 4.99 Å². The predicted molar refractivity (Wildman–Crippen MR) is 110 cm³/mol. The maximum absolute atomic E-state index is 13.4. The minimum atomic E-state index is -0.636. The Bertz CT molecular complexity index is 1200. The summed E-state index contributed by atoms with van der Waals surface area (Å²) in [6.07, 6.45) is 1.52. The monoisotopic (exact) mass is 421 g/mol. The van der Waals surface area contributed by atoms with Gasteiger partial charge in [0.25, 0.3) is 0 Å². The Morgan fingerprint density at radius 3 is 2.53 bits per heavy atom. The van der Waals surface area contributed by atoms with E-state index in [1.807, 2.05) is 0 Å². The summed E-state index contributed by atoms with van der Waals surface area (Å²) in [4.78, 5) is 28.4. The maximum Gasteiger partial charge on any atom is 0.363 e. The van der Waals surface area contributed by atoms with Crippen LogP contribution in [0.15, 0.2) is 83.5 Å². The topological polar surface area (TPSA) is 65.0 Å². The lowest BCUT2D eigenvalue weighted by Gasteiger charge is -2.06. The number of hydrogen-bond acceptors (Lipinski definition) is 5. The van der Waals surface area contributed by atoms with Crippen LogP contribution in [0.3, 0.4) is 0 Å². The van der Waals surface area contributed by atoms with E-state index >= 15 is 0 Å². The highest BCUT2D eigenvalue weighted by atomic mass is 35.5. The molecule has 0 N–H and O–H groups in total. The summed E-state index contributed by atoms with van der Waals surface area (Å²) in [5.74, 6) is -1.31. The van der Waals surface area contributed by atoms with Gasteiger partial charge in [-0.15, -0.1) is 0 Å². The van der Waals surface area contributed by atoms with Crippen molar-refractivity contribution in [3.63, 3.8) is 0 Å². The quantitative estimate of drug-likeness (QED) is 0.336. The molecule has 4 rings (SSSR count). The van der Waals surface area contributed by atoms with Crippen LogP contribution in [0.2, 0.25) is 5.02 Å². The fourth-order valence-electron chi connectivity index (χ4n) is 2.73. The molecule has 0 atom stereocenters. The summed E-state index contributed by atoms with van der Waals surface area (Å²) in [5.41, 5.74) is 1.35. The van der Waals surface area contributed by atoms with Gasteiger partial charge in [-0.2, -0.15) is 0 Å². The van der Waals surface area contributed by atoms with Crippen LogP contribution in [0.25, 0.3) is 6.08 Å². The number of hydrogen-bond donors (Lipinski definition) is 0. The van der Waals surface area contributed by atoms with Crippen molar-refractivity contribution in [2.75, 3.05) is 0 Å². The zero-order chi connectivity index (χ0) is 21.1. The zero-order valence-electron chi connectivity index (χ0n) is 15.3. The van der Waals surface area contributed by atoms with Crippen LogP contribution in [-0.2, 0) is 9.53 Å². The number of nitrogens with zero attached hydrogens (tertiary/aromatic N) is 1. The van der Waals surface area contributed by atoms with Gasteiger partial charge in [0, 0.05) is 5.56 Å². The average molecular weight is 422 g/mol. The second kappa shape index (κ2) is 8.31. The van der Waals surface area contributed by atoms with Crippen molar-refractivity contribution in [1.82, 2.24) is 0 Å². The van der Waals surface area contributed by atoms with E-state index in [1.165, 1.54) is 24.3 Å². The summed E-state index contributed by atoms with van der Waals surface area (Å²) in [6.45, 7) is 0. The summed E-state index contributed by atoms with van der Waals surface area (Å²) in [5, 5.41) is 0.301. The SMILES string of the molecule is O=C1OC(c2cccc(F)c2)=N/C1=C/c1ccc(OC(=O)c2ccccc2Cl)cc1. The third kappa shape index (κ3) is 4.29. The van der Waals surface area contributed by atoms with E-state index in [9.17, 15) is 14.0 Å². The van der Waals surface area contributed by atoms with Gasteiger partial charge in [0.05, 0.1) is 10.6 Å². The van der Waals surface area contributed by atoms with E-state index in [0.29, 0.717) is 21.9 Å². The molecule has 148 valence electrons. The maximum atomic E-state index is 13.4. The van der Waals surface area contributed by atoms with Gasteiger partial charge in [-0.3, -0.25) is 0 Å². The average Bonchev–Trinajstić information content (AvgIpc) is 3.10. The Hall–Kier alpha value is -3.77. The Balaban J connectivity index is 1.50. The van der Waals surface area contributed by atoms with Gasteiger partial charge in [0.15, 0.2) is 5.70 Å². The molecule has 3 aromatic rings. The van der Waals surface area contributed by atoms with Gasteiger partial charge >= 0.3 is 11.9 Å². The predicted octanol–water partition coefficient (Wildman–Crippen LogP) is 5.04. The lowest BCUT2D eigenvalue weighted by molar-refractivity contribution is -0.129. The van der Waals surface area contributed by atoms with Gasteiger partial charge < -0.3 is 9.47 Å². The second-order valence-corrected chi connectivity index (χ2v) is 6.69. The first-order chi connectivity index (χ1) is 14.5. The van der Waals surface area contributed by atoms with Gasteiger partial charge in [0.2, 0.25) is 5.90 Å². The van der Waals surface area contributed by atoms with E-state index in [4.69, 9.17) is 21.1 Å². The largest absolute Gasteiger partial charge is 0.423 e. The minimum Gasteiger partial charge on any atom is -0.423 e. The normalized spacial score (nSPS) is 14.4. The summed E-state index contributed by atoms with van der Waals surface area (Å²) in [7, 11) is 0. The molecule has 0 saturated heterocycles. The highest BCUT2D eigenvalue weighted by molar-refractivity contribution is 6.33. The number of aliphatic imine (C=N–C) groups is 1. The van der Waals surface area contributed by atoms with Crippen LogP contribution in [-0.4, -0.2) is 17.8 Å². The first-order valence-electron chi connectivity index (χ1n) is 8.85. The molecule has 1 aliphatic rings. The molecule has 0 saturated carbocycles. The smallest absolute Gasteiger partial charge is 0.363 e. The molecule has 0 radical (unpaired) electrons. The molecule has 0 spiro atoms. The summed E-state index contributed by atoms with van der Waals surface area (Å²) in [6, 6.07) is 18.7. The van der Waals surface area contributed by atoms with Crippen LogP contribution < -0.4 is 4.74 Å². The van der Waals surface area contributed by atoms with Gasteiger partial charge in [-0.1, -0.05) is 41.9 Å². The molecule has 0 amide bonds. The van der Waals surface area contributed by atoms with Crippen LogP contribution in [0.1, 0.15) is 21.5 Å². The fraction of sp³-hybridized carbons (Fsp3) is 0. The lowest BCUT2D eigenvalue weighted by atomic mass is 10.2. The number of cyclic esters (lactones) is 1. The fourth-order valence-corrected chi connectivity index (χ4v) is 2.95. The molecule has 3 aromatic carbocycles. The number of halogens is 2. The van der Waals surface area contributed by atoms with Crippen molar-refractivity contribution >= 4 is 35.5 Å². The molecule has 0 fully saturated rings. The molecule has 7 heteroatoms. The summed E-state index contributed by atoms with van der Waals surface area (Å²) >= 11 is 6.00.